The van der Waals surface area contributed by atoms with Gasteiger partial charge in [0, 0.05) is 0 Å². The monoisotopic (exact) mass is 377 g/mol. The van der Waals surface area contributed by atoms with Gasteiger partial charge in [-0.25, -0.2) is 0 Å². The largest absolute Gasteiger partial charge is 0.467 e. The lowest BCUT2D eigenvalue weighted by Crippen LogP contribution is -2.54. The molecule has 2 aromatic rings. The van der Waals surface area contributed by atoms with Gasteiger partial charge in [0.05, 0.1) is 17.7 Å². The predicted molar refractivity (Wildman–Crippen MR) is 98.6 cm³/mol. The Labute approximate surface area is 156 Å². The zero-order valence-corrected chi connectivity index (χ0v) is 15.8. The van der Waals surface area contributed by atoms with E-state index >= 15 is 0 Å². The van der Waals surface area contributed by atoms with Crippen LogP contribution in [0.15, 0.2) is 40.3 Å². The molecule has 8 heteroatoms. The summed E-state index contributed by atoms with van der Waals surface area (Å²) in [5.41, 5.74) is 0. The fourth-order valence-corrected chi connectivity index (χ4v) is 2.89. The number of nitrogens with one attached hydrogen (secondary N) is 3. The lowest BCUT2D eigenvalue weighted by atomic mass is 10.0. The second-order valence-corrected chi connectivity index (χ2v) is 7.15. The Balaban J connectivity index is 1.89. The minimum absolute atomic E-state index is 0.128. The molecule has 2 unspecified atom stereocenters. The van der Waals surface area contributed by atoms with Crippen LogP contribution in [0, 0.1) is 5.92 Å². The molecule has 2 heterocycles. The Morgan fingerprint density at radius 1 is 1.08 bits per heavy atom. The van der Waals surface area contributed by atoms with Crippen LogP contribution in [0.2, 0.25) is 0 Å². The van der Waals surface area contributed by atoms with E-state index in [-0.39, 0.29) is 24.3 Å². The standard InChI is InChI=1S/C18H23N3O4S/c1-11(2)15(21-17(23)14-7-5-9-26-14)18(24)20-12(3)16(22)19-10-13-6-4-8-25-13/h4-9,11-12,15H,10H2,1-3H3,(H,19,22)(H,20,24)(H,21,23). The number of rotatable bonds is 8. The maximum absolute atomic E-state index is 12.5. The average Bonchev–Trinajstić information content (AvgIpc) is 3.29. The van der Waals surface area contributed by atoms with Gasteiger partial charge in [-0.3, -0.25) is 14.4 Å². The van der Waals surface area contributed by atoms with Crippen LogP contribution in [-0.2, 0) is 16.1 Å². The molecule has 7 nitrogen and oxygen atoms in total. The van der Waals surface area contributed by atoms with Gasteiger partial charge >= 0.3 is 0 Å². The molecule has 3 amide bonds. The molecule has 0 saturated heterocycles. The second kappa shape index (κ2) is 9.19. The molecule has 0 fully saturated rings. The van der Waals surface area contributed by atoms with Crippen molar-refractivity contribution in [2.45, 2.75) is 39.4 Å². The third-order valence-electron chi connectivity index (χ3n) is 3.75. The van der Waals surface area contributed by atoms with E-state index in [1.807, 2.05) is 13.8 Å². The molecule has 140 valence electrons. The maximum Gasteiger partial charge on any atom is 0.262 e. The Kier molecular flexibility index (Phi) is 6.97. The summed E-state index contributed by atoms with van der Waals surface area (Å²) in [5.74, 6) is -0.534. The highest BCUT2D eigenvalue weighted by atomic mass is 32.1. The number of furan rings is 1. The van der Waals surface area contributed by atoms with Crippen LogP contribution in [0.1, 0.15) is 36.2 Å². The lowest BCUT2D eigenvalue weighted by molar-refractivity contribution is -0.130. The summed E-state index contributed by atoms with van der Waals surface area (Å²) in [4.78, 5) is 37.4. The van der Waals surface area contributed by atoms with Gasteiger partial charge in [0.1, 0.15) is 17.8 Å². The number of hydrogen-bond acceptors (Lipinski definition) is 5. The summed E-state index contributed by atoms with van der Waals surface area (Å²) in [6, 6.07) is 5.48. The molecule has 26 heavy (non-hydrogen) atoms. The van der Waals surface area contributed by atoms with E-state index in [0.29, 0.717) is 10.6 Å². The van der Waals surface area contributed by atoms with Gasteiger partial charge in [0.25, 0.3) is 5.91 Å². The molecule has 0 aliphatic rings. The van der Waals surface area contributed by atoms with Crippen LogP contribution in [0.5, 0.6) is 0 Å². The third-order valence-corrected chi connectivity index (χ3v) is 4.62. The Morgan fingerprint density at radius 3 is 2.42 bits per heavy atom. The van der Waals surface area contributed by atoms with Crippen molar-refractivity contribution in [3.05, 3.63) is 46.5 Å². The minimum Gasteiger partial charge on any atom is -0.467 e. The summed E-state index contributed by atoms with van der Waals surface area (Å²) >= 11 is 1.30. The van der Waals surface area contributed by atoms with Crippen LogP contribution in [-0.4, -0.2) is 29.8 Å². The van der Waals surface area contributed by atoms with Gasteiger partial charge in [-0.2, -0.15) is 0 Å². The lowest BCUT2D eigenvalue weighted by Gasteiger charge is -2.23. The summed E-state index contributed by atoms with van der Waals surface area (Å²) in [7, 11) is 0. The zero-order valence-electron chi connectivity index (χ0n) is 14.9. The molecular weight excluding hydrogens is 354 g/mol. The first-order chi connectivity index (χ1) is 12.4. The van der Waals surface area contributed by atoms with Gasteiger partial charge in [-0.05, 0) is 36.4 Å². The van der Waals surface area contributed by atoms with Crippen molar-refractivity contribution < 1.29 is 18.8 Å². The van der Waals surface area contributed by atoms with E-state index in [1.54, 1.807) is 36.6 Å². The van der Waals surface area contributed by atoms with E-state index in [4.69, 9.17) is 4.42 Å². The van der Waals surface area contributed by atoms with Gasteiger partial charge < -0.3 is 20.4 Å². The molecule has 3 N–H and O–H groups in total. The van der Waals surface area contributed by atoms with Crippen LogP contribution < -0.4 is 16.0 Å². The van der Waals surface area contributed by atoms with E-state index < -0.39 is 18.0 Å². The molecule has 0 aliphatic carbocycles. The normalized spacial score (nSPS) is 13.1. The molecular formula is C18H23N3O4S. The first kappa shape index (κ1) is 19.7. The van der Waals surface area contributed by atoms with Crippen molar-refractivity contribution >= 4 is 29.1 Å². The van der Waals surface area contributed by atoms with Gasteiger partial charge in [0.2, 0.25) is 11.8 Å². The smallest absolute Gasteiger partial charge is 0.262 e. The van der Waals surface area contributed by atoms with Crippen LogP contribution in [0.25, 0.3) is 0 Å². The molecule has 0 aliphatic heterocycles. The third kappa shape index (κ3) is 5.45. The van der Waals surface area contributed by atoms with E-state index in [1.165, 1.54) is 17.6 Å². The molecule has 0 saturated carbocycles. The number of thiophene rings is 1. The highest BCUT2D eigenvalue weighted by Crippen LogP contribution is 2.10. The topological polar surface area (TPSA) is 100 Å². The summed E-state index contributed by atoms with van der Waals surface area (Å²) in [5, 5.41) is 9.86. The Hall–Kier alpha value is -2.61. The quantitative estimate of drug-likeness (QED) is 0.654. The number of hydrogen-bond donors (Lipinski definition) is 3. The molecule has 0 spiro atoms. The van der Waals surface area contributed by atoms with Crippen LogP contribution in [0.4, 0.5) is 0 Å². The Bertz CT molecular complexity index is 726. The van der Waals surface area contributed by atoms with Crippen molar-refractivity contribution in [2.24, 2.45) is 5.92 Å². The molecule has 0 aromatic carbocycles. The number of amides is 3. The first-order valence-electron chi connectivity index (χ1n) is 8.33. The van der Waals surface area contributed by atoms with Gasteiger partial charge in [0.15, 0.2) is 0 Å². The van der Waals surface area contributed by atoms with E-state index in [2.05, 4.69) is 16.0 Å². The molecule has 2 aromatic heterocycles. The fourth-order valence-electron chi connectivity index (χ4n) is 2.26. The van der Waals surface area contributed by atoms with Crippen molar-refractivity contribution in [1.82, 2.24) is 16.0 Å². The predicted octanol–water partition coefficient (Wildman–Crippen LogP) is 1.92. The van der Waals surface area contributed by atoms with E-state index in [9.17, 15) is 14.4 Å². The average molecular weight is 377 g/mol. The highest BCUT2D eigenvalue weighted by Gasteiger charge is 2.27. The van der Waals surface area contributed by atoms with Gasteiger partial charge in [-0.1, -0.05) is 19.9 Å². The van der Waals surface area contributed by atoms with Crippen LogP contribution >= 0.6 is 11.3 Å². The summed E-state index contributed by atoms with van der Waals surface area (Å²) in [6.07, 6.45) is 1.52. The highest BCUT2D eigenvalue weighted by molar-refractivity contribution is 7.12. The number of carbonyl (C=O) groups excluding carboxylic acids is 3. The molecule has 0 radical (unpaired) electrons. The van der Waals surface area contributed by atoms with Crippen molar-refractivity contribution in [1.29, 1.82) is 0 Å². The van der Waals surface area contributed by atoms with Crippen molar-refractivity contribution in [3.63, 3.8) is 0 Å². The second-order valence-electron chi connectivity index (χ2n) is 6.20. The minimum atomic E-state index is -0.739. The molecule has 2 atom stereocenters. The Morgan fingerprint density at radius 2 is 1.85 bits per heavy atom. The van der Waals surface area contributed by atoms with Crippen molar-refractivity contribution in [3.8, 4) is 0 Å². The first-order valence-corrected chi connectivity index (χ1v) is 9.21. The summed E-state index contributed by atoms with van der Waals surface area (Å²) in [6.45, 7) is 5.50. The van der Waals surface area contributed by atoms with Gasteiger partial charge in [-0.15, -0.1) is 11.3 Å². The molecule has 0 bridgehead atoms. The molecule has 2 rings (SSSR count). The SMILES string of the molecule is CC(NC(=O)C(NC(=O)c1cccs1)C(C)C)C(=O)NCc1ccco1. The van der Waals surface area contributed by atoms with E-state index in [0.717, 1.165) is 0 Å². The van der Waals surface area contributed by atoms with Crippen molar-refractivity contribution in [2.75, 3.05) is 0 Å². The van der Waals surface area contributed by atoms with Crippen LogP contribution in [0.3, 0.4) is 0 Å². The fraction of sp³-hybridized carbons (Fsp3) is 0.389. The summed E-state index contributed by atoms with van der Waals surface area (Å²) < 4.78 is 5.14. The maximum atomic E-state index is 12.5. The zero-order chi connectivity index (χ0) is 19.1. The number of carbonyl (C=O) groups is 3.